The lowest BCUT2D eigenvalue weighted by Gasteiger charge is -2.25. The predicted molar refractivity (Wildman–Crippen MR) is 457 cm³/mol. The van der Waals surface area contributed by atoms with Crippen LogP contribution >= 0.6 is 0 Å². The van der Waals surface area contributed by atoms with Crippen molar-refractivity contribution in [2.75, 3.05) is 47.5 Å². The minimum Gasteiger partial charge on any atom is -0.477 e. The Kier molecular flexibility index (Phi) is 85.5. The molecule has 2 unspecified atom stereocenters. The van der Waals surface area contributed by atoms with Crippen molar-refractivity contribution in [3.63, 3.8) is 0 Å². The van der Waals surface area contributed by atoms with Gasteiger partial charge in [-0.3, -0.25) is 9.59 Å². The smallest absolute Gasteiger partial charge is 0.361 e. The average molecular weight is 1480 g/mol. The van der Waals surface area contributed by atoms with Crippen molar-refractivity contribution in [2.45, 2.75) is 527 Å². The Hall–Kier alpha value is -2.23. The second-order valence-electron chi connectivity index (χ2n) is 34.0. The number of hydrogen-bond acceptors (Lipinski definition) is 7. The summed E-state index contributed by atoms with van der Waals surface area (Å²) in [5.74, 6) is -1.96. The summed E-state index contributed by atoms with van der Waals surface area (Å²) in [7, 11) is 6.01. The first-order valence-corrected chi connectivity index (χ1v) is 47.5. The van der Waals surface area contributed by atoms with E-state index in [1.54, 1.807) is 0 Å². The van der Waals surface area contributed by atoms with Crippen LogP contribution < -0.4 is 0 Å². The van der Waals surface area contributed by atoms with Crippen molar-refractivity contribution < 1.29 is 42.9 Å². The number of likely N-dealkylation sites (N-methyl/N-ethyl adjacent to an activating group) is 1. The van der Waals surface area contributed by atoms with Crippen molar-refractivity contribution in [3.05, 3.63) is 24.3 Å². The number of carbonyl (C=O) groups is 3. The van der Waals surface area contributed by atoms with Gasteiger partial charge in [0.25, 0.3) is 6.29 Å². The second kappa shape index (κ2) is 87.4. The van der Waals surface area contributed by atoms with Crippen molar-refractivity contribution in [1.82, 2.24) is 0 Å². The zero-order valence-corrected chi connectivity index (χ0v) is 71.7. The Labute approximate surface area is 656 Å². The monoisotopic (exact) mass is 1480 g/mol. The van der Waals surface area contributed by atoms with Crippen LogP contribution in [-0.4, -0.2) is 87.4 Å². The van der Waals surface area contributed by atoms with Crippen LogP contribution in [0.5, 0.6) is 0 Å². The lowest BCUT2D eigenvalue weighted by molar-refractivity contribution is -0.870. The third-order valence-electron chi connectivity index (χ3n) is 22.2. The van der Waals surface area contributed by atoms with Crippen LogP contribution in [0.15, 0.2) is 24.3 Å². The van der Waals surface area contributed by atoms with Gasteiger partial charge in [-0.1, -0.05) is 462 Å². The van der Waals surface area contributed by atoms with E-state index < -0.39 is 18.4 Å². The molecule has 0 rings (SSSR count). The van der Waals surface area contributed by atoms with Gasteiger partial charge in [-0.25, -0.2) is 4.79 Å². The van der Waals surface area contributed by atoms with Crippen molar-refractivity contribution in [3.8, 4) is 0 Å². The number of nitrogens with zero attached hydrogens (tertiary/aromatic N) is 1. The Morgan fingerprint density at radius 1 is 0.276 bits per heavy atom. The molecule has 2 atom stereocenters. The number of allylic oxidation sites excluding steroid dienone is 4. The molecule has 9 heteroatoms. The molecule has 0 heterocycles. The zero-order chi connectivity index (χ0) is 76.0. The fraction of sp³-hybridized carbons (Fsp3) is 0.927. The van der Waals surface area contributed by atoms with Gasteiger partial charge in [0.2, 0.25) is 0 Å². The maximum Gasteiger partial charge on any atom is 0.361 e. The molecule has 0 amide bonds. The fourth-order valence-corrected chi connectivity index (χ4v) is 15.0. The summed E-state index contributed by atoms with van der Waals surface area (Å²) in [6.45, 7) is 4.98. The lowest BCUT2D eigenvalue weighted by atomic mass is 10.0. The molecular formula is C96H186NO8+. The Morgan fingerprint density at radius 2 is 0.486 bits per heavy atom. The molecular weight excluding hydrogens is 1300 g/mol. The number of ether oxygens (including phenoxy) is 4. The van der Waals surface area contributed by atoms with E-state index in [1.807, 2.05) is 21.1 Å². The van der Waals surface area contributed by atoms with E-state index >= 15 is 0 Å². The molecule has 0 saturated heterocycles. The Balaban J connectivity index is 3.85. The number of carboxylic acid groups (broad SMARTS) is 1. The van der Waals surface area contributed by atoms with Gasteiger partial charge in [-0.15, -0.1) is 0 Å². The van der Waals surface area contributed by atoms with Gasteiger partial charge in [0.1, 0.15) is 13.2 Å². The highest BCUT2D eigenvalue weighted by molar-refractivity contribution is 5.71. The van der Waals surface area contributed by atoms with Crippen LogP contribution in [0.25, 0.3) is 0 Å². The number of unbranched alkanes of at least 4 members (excludes halogenated alkanes) is 72. The molecule has 0 spiro atoms. The first-order chi connectivity index (χ1) is 51.6. The second-order valence-corrected chi connectivity index (χ2v) is 34.0. The molecule has 0 radical (unpaired) electrons. The molecule has 0 aliphatic heterocycles. The van der Waals surface area contributed by atoms with Gasteiger partial charge in [0.05, 0.1) is 34.4 Å². The number of rotatable bonds is 91. The van der Waals surface area contributed by atoms with Crippen LogP contribution in [0.4, 0.5) is 0 Å². The van der Waals surface area contributed by atoms with Gasteiger partial charge < -0.3 is 28.5 Å². The van der Waals surface area contributed by atoms with Crippen LogP contribution in [0, 0.1) is 0 Å². The molecule has 105 heavy (non-hydrogen) atoms. The Morgan fingerprint density at radius 3 is 0.705 bits per heavy atom. The molecule has 1 N–H and O–H groups in total. The van der Waals surface area contributed by atoms with Gasteiger partial charge in [0, 0.05) is 12.8 Å². The van der Waals surface area contributed by atoms with E-state index in [0.717, 1.165) is 38.5 Å². The van der Waals surface area contributed by atoms with E-state index in [2.05, 4.69) is 38.2 Å². The Bertz CT molecular complexity index is 1780. The molecule has 9 nitrogen and oxygen atoms in total. The van der Waals surface area contributed by atoms with Crippen LogP contribution in [0.1, 0.15) is 515 Å². The number of hydrogen-bond donors (Lipinski definition) is 1. The van der Waals surface area contributed by atoms with E-state index in [9.17, 15) is 19.5 Å². The number of esters is 2. The molecule has 0 aliphatic carbocycles. The first-order valence-electron chi connectivity index (χ1n) is 47.5. The maximum atomic E-state index is 13.0. The topological polar surface area (TPSA) is 108 Å². The summed E-state index contributed by atoms with van der Waals surface area (Å²) in [6.07, 6.45) is 111. The maximum absolute atomic E-state index is 13.0. The minimum absolute atomic E-state index is 0.173. The summed E-state index contributed by atoms with van der Waals surface area (Å²) < 4.78 is 23.1. The van der Waals surface area contributed by atoms with Gasteiger partial charge in [-0.05, 0) is 64.2 Å². The van der Waals surface area contributed by atoms with Gasteiger partial charge in [-0.2, -0.15) is 0 Å². The number of carbonyl (C=O) groups excluding carboxylic acids is 2. The summed E-state index contributed by atoms with van der Waals surface area (Å²) in [5.41, 5.74) is 0. The third kappa shape index (κ3) is 88.9. The predicted octanol–water partition coefficient (Wildman–Crippen LogP) is 31.2. The first kappa shape index (κ1) is 103. The number of aliphatic carboxylic acids is 1. The van der Waals surface area contributed by atoms with Crippen LogP contribution in [0.2, 0.25) is 0 Å². The van der Waals surface area contributed by atoms with Crippen molar-refractivity contribution >= 4 is 17.9 Å². The average Bonchev–Trinajstić information content (AvgIpc) is 1.18. The number of quaternary nitrogens is 1. The normalized spacial score (nSPS) is 12.6. The summed E-state index contributed by atoms with van der Waals surface area (Å²) in [6, 6.07) is 0. The molecule has 0 bridgehead atoms. The van der Waals surface area contributed by atoms with E-state index in [-0.39, 0.29) is 38.2 Å². The highest BCUT2D eigenvalue weighted by Crippen LogP contribution is 2.22. The summed E-state index contributed by atoms with van der Waals surface area (Å²) in [5, 5.41) is 9.80. The van der Waals surface area contributed by atoms with Crippen molar-refractivity contribution in [1.29, 1.82) is 0 Å². The highest BCUT2D eigenvalue weighted by Gasteiger charge is 2.25. The van der Waals surface area contributed by atoms with E-state index in [0.29, 0.717) is 17.4 Å². The van der Waals surface area contributed by atoms with Gasteiger partial charge in [0.15, 0.2) is 6.10 Å². The molecule has 622 valence electrons. The summed E-state index contributed by atoms with van der Waals surface area (Å²) in [4.78, 5) is 37.9. The molecule has 0 aromatic rings. The molecule has 0 fully saturated rings. The quantitative estimate of drug-likeness (QED) is 0.0211. The largest absolute Gasteiger partial charge is 0.477 e. The van der Waals surface area contributed by atoms with Gasteiger partial charge >= 0.3 is 17.9 Å². The molecule has 0 aromatic heterocycles. The number of carboxylic acids is 1. The third-order valence-corrected chi connectivity index (χ3v) is 22.2. The fourth-order valence-electron chi connectivity index (χ4n) is 15.0. The SMILES string of the molecule is CCCCCCCCCC/C=C\CCCCCCCCCCCCCCCCCCCCCCCCCCCCCCCC(=O)OC(COC(=O)CCCCCCCCCCCCCCCCCCCCCCCCCCCCC/C=C\CCCCCCCCCC)COC(OCC[N+](C)(C)C)C(=O)O. The molecule has 0 saturated carbocycles. The zero-order valence-electron chi connectivity index (χ0n) is 71.7. The van der Waals surface area contributed by atoms with Crippen molar-refractivity contribution in [2.24, 2.45) is 0 Å². The van der Waals surface area contributed by atoms with Crippen LogP contribution in [-0.2, 0) is 33.3 Å². The molecule has 0 aliphatic rings. The lowest BCUT2D eigenvalue weighted by Crippen LogP contribution is -2.40. The van der Waals surface area contributed by atoms with Crippen LogP contribution in [0.3, 0.4) is 0 Å². The highest BCUT2D eigenvalue weighted by atomic mass is 16.7. The molecule has 0 aromatic carbocycles. The summed E-state index contributed by atoms with van der Waals surface area (Å²) >= 11 is 0. The minimum atomic E-state index is -1.51. The van der Waals surface area contributed by atoms with E-state index in [4.69, 9.17) is 18.9 Å². The van der Waals surface area contributed by atoms with E-state index in [1.165, 1.54) is 449 Å². The standard InChI is InChI=1S/C96H185NO8/c1-6-8-10-12-14-16-18-20-22-24-26-28-30-32-34-36-38-40-42-44-46-47-49-51-53-55-57-59-61-63-65-67-69-71-73-75-77-79-81-83-85-87-94(99)105-92(91-104-96(95(100)101)102-89-88-97(3,4)5)90-103-93(98)86-84-82-80-78-76-74-72-70-68-66-64-62-60-58-56-54-52-50-48-45-43-41-39-37-35-33-31-29-27-25-23-21-19-17-15-13-11-9-7-2/h24-27,92,96H,6-23,28-91H2,1-5H3/p+1/b26-24-,27-25-.